The maximum atomic E-state index is 13.7. The second-order valence-corrected chi connectivity index (χ2v) is 4.39. The number of nitrogens with zero attached hydrogens (tertiary/aromatic N) is 2. The highest BCUT2D eigenvalue weighted by Gasteiger charge is 2.13. The molecule has 1 aromatic heterocycles. The van der Waals surface area contributed by atoms with E-state index in [0.717, 1.165) is 0 Å². The minimum atomic E-state index is -0.744. The Morgan fingerprint density at radius 1 is 1.59 bits per heavy atom. The fourth-order valence-corrected chi connectivity index (χ4v) is 1.76. The molecule has 0 fully saturated rings. The lowest BCUT2D eigenvalue weighted by Gasteiger charge is -2.07. The summed E-state index contributed by atoms with van der Waals surface area (Å²) in [5.41, 5.74) is -0.193. The molecule has 0 aliphatic carbocycles. The Morgan fingerprint density at radius 2 is 2.29 bits per heavy atom. The van der Waals surface area contributed by atoms with Crippen molar-refractivity contribution in [3.05, 3.63) is 44.3 Å². The van der Waals surface area contributed by atoms with Crippen LogP contribution in [-0.4, -0.2) is 19.9 Å². The zero-order valence-electron chi connectivity index (χ0n) is 8.87. The van der Waals surface area contributed by atoms with E-state index in [0.29, 0.717) is 5.82 Å². The van der Waals surface area contributed by atoms with E-state index in [-0.39, 0.29) is 16.6 Å². The molecule has 90 valence electrons. The zero-order valence-corrected chi connectivity index (χ0v) is 10.5. The van der Waals surface area contributed by atoms with E-state index in [2.05, 4.69) is 26.1 Å². The van der Waals surface area contributed by atoms with Crippen LogP contribution in [0.4, 0.5) is 4.39 Å². The summed E-state index contributed by atoms with van der Waals surface area (Å²) in [6.45, 7) is 1.66. The van der Waals surface area contributed by atoms with E-state index in [1.54, 1.807) is 6.92 Å². The van der Waals surface area contributed by atoms with Crippen LogP contribution in [0.15, 0.2) is 21.4 Å². The lowest BCUT2D eigenvalue weighted by Crippen LogP contribution is -2.19. The predicted molar refractivity (Wildman–Crippen MR) is 62.5 cm³/mol. The predicted octanol–water partition coefficient (Wildman–Crippen LogP) is 1.54. The molecule has 2 N–H and O–H groups in total. The Morgan fingerprint density at radius 3 is 2.88 bits per heavy atom. The fourth-order valence-electron chi connectivity index (χ4n) is 1.46. The average molecular weight is 302 g/mol. The molecule has 0 bridgehead atoms. The number of aromatic amines is 1. The van der Waals surface area contributed by atoms with Crippen LogP contribution in [0, 0.1) is 12.7 Å². The number of benzene rings is 1. The number of halogens is 2. The third-order valence-electron chi connectivity index (χ3n) is 2.42. The minimum absolute atomic E-state index is 0.0217. The molecule has 0 aliphatic rings. The van der Waals surface area contributed by atoms with Crippen LogP contribution in [0.2, 0.25) is 0 Å². The van der Waals surface area contributed by atoms with Crippen molar-refractivity contribution in [3.63, 3.8) is 0 Å². The van der Waals surface area contributed by atoms with Crippen molar-refractivity contribution < 1.29 is 9.50 Å². The average Bonchev–Trinajstić information content (AvgIpc) is 2.61. The van der Waals surface area contributed by atoms with Crippen LogP contribution in [0.3, 0.4) is 0 Å². The van der Waals surface area contributed by atoms with Crippen molar-refractivity contribution in [1.29, 1.82) is 0 Å². The van der Waals surface area contributed by atoms with Crippen LogP contribution in [0.5, 0.6) is 5.75 Å². The van der Waals surface area contributed by atoms with Crippen molar-refractivity contribution in [3.8, 4) is 5.75 Å². The van der Waals surface area contributed by atoms with Gasteiger partial charge < -0.3 is 5.11 Å². The van der Waals surface area contributed by atoms with Gasteiger partial charge in [-0.3, -0.25) is 4.57 Å². The Bertz CT molecular complexity index is 620. The van der Waals surface area contributed by atoms with Gasteiger partial charge in [0.25, 0.3) is 0 Å². The summed E-state index contributed by atoms with van der Waals surface area (Å²) in [7, 11) is 0. The second-order valence-electron chi connectivity index (χ2n) is 3.53. The van der Waals surface area contributed by atoms with Gasteiger partial charge in [0, 0.05) is 5.56 Å². The maximum absolute atomic E-state index is 13.7. The molecule has 0 atom stereocenters. The Hall–Kier alpha value is -1.63. The lowest BCUT2D eigenvalue weighted by atomic mass is 10.2. The van der Waals surface area contributed by atoms with Gasteiger partial charge >= 0.3 is 5.69 Å². The van der Waals surface area contributed by atoms with Gasteiger partial charge in [-0.15, -0.1) is 0 Å². The molecule has 0 spiro atoms. The van der Waals surface area contributed by atoms with Gasteiger partial charge in [0.1, 0.15) is 5.82 Å². The van der Waals surface area contributed by atoms with Gasteiger partial charge in [0.15, 0.2) is 11.6 Å². The van der Waals surface area contributed by atoms with Crippen LogP contribution in [0.25, 0.3) is 0 Å². The van der Waals surface area contributed by atoms with Gasteiger partial charge in [0.2, 0.25) is 0 Å². The molecule has 17 heavy (non-hydrogen) atoms. The van der Waals surface area contributed by atoms with E-state index >= 15 is 0 Å². The number of H-pyrrole nitrogens is 1. The van der Waals surface area contributed by atoms with Crippen molar-refractivity contribution in [1.82, 2.24) is 14.8 Å². The standard InChI is InChI=1S/C10H9BrFN3O2/c1-5-13-14-10(17)15(5)4-6-2-3-7(11)9(16)8(6)12/h2-3,16H,4H2,1H3,(H,14,17). The molecule has 0 saturated heterocycles. The van der Waals surface area contributed by atoms with Gasteiger partial charge in [-0.1, -0.05) is 6.07 Å². The topological polar surface area (TPSA) is 70.9 Å². The summed E-state index contributed by atoms with van der Waals surface area (Å²) in [6, 6.07) is 3.02. The first kappa shape index (κ1) is 11.8. The summed E-state index contributed by atoms with van der Waals surface area (Å²) in [4.78, 5) is 11.4. The number of aromatic nitrogens is 3. The molecule has 5 nitrogen and oxygen atoms in total. The summed E-state index contributed by atoms with van der Waals surface area (Å²) in [5, 5.41) is 15.4. The highest BCUT2D eigenvalue weighted by atomic mass is 79.9. The van der Waals surface area contributed by atoms with Crippen LogP contribution in [-0.2, 0) is 6.54 Å². The third-order valence-corrected chi connectivity index (χ3v) is 3.06. The Kier molecular flexibility index (Phi) is 3.01. The van der Waals surface area contributed by atoms with Crippen molar-refractivity contribution in [2.75, 3.05) is 0 Å². The molecule has 0 radical (unpaired) electrons. The highest BCUT2D eigenvalue weighted by molar-refractivity contribution is 9.10. The minimum Gasteiger partial charge on any atom is -0.504 e. The summed E-state index contributed by atoms with van der Waals surface area (Å²) in [6.07, 6.45) is 0. The van der Waals surface area contributed by atoms with E-state index in [9.17, 15) is 14.3 Å². The molecule has 0 saturated carbocycles. The van der Waals surface area contributed by atoms with E-state index < -0.39 is 17.3 Å². The molecule has 1 aromatic carbocycles. The highest BCUT2D eigenvalue weighted by Crippen LogP contribution is 2.29. The normalized spacial score (nSPS) is 10.8. The quantitative estimate of drug-likeness (QED) is 0.884. The van der Waals surface area contributed by atoms with Crippen molar-refractivity contribution >= 4 is 15.9 Å². The number of aryl methyl sites for hydroxylation is 1. The fraction of sp³-hybridized carbons (Fsp3) is 0.200. The van der Waals surface area contributed by atoms with Crippen molar-refractivity contribution in [2.24, 2.45) is 0 Å². The monoisotopic (exact) mass is 301 g/mol. The largest absolute Gasteiger partial charge is 0.504 e. The van der Waals surface area contributed by atoms with Gasteiger partial charge in [-0.05, 0) is 28.9 Å². The van der Waals surface area contributed by atoms with Crippen molar-refractivity contribution in [2.45, 2.75) is 13.5 Å². The van der Waals surface area contributed by atoms with E-state index in [1.165, 1.54) is 16.7 Å². The molecule has 0 aliphatic heterocycles. The van der Waals surface area contributed by atoms with Gasteiger partial charge in [-0.25, -0.2) is 14.3 Å². The maximum Gasteiger partial charge on any atom is 0.343 e. The molecule has 2 rings (SSSR count). The second kappa shape index (κ2) is 4.33. The Balaban J connectivity index is 2.44. The zero-order chi connectivity index (χ0) is 12.6. The van der Waals surface area contributed by atoms with E-state index in [4.69, 9.17) is 0 Å². The number of aromatic hydroxyl groups is 1. The third kappa shape index (κ3) is 2.10. The summed E-state index contributed by atoms with van der Waals surface area (Å²) in [5.74, 6) is -0.750. The number of rotatable bonds is 2. The number of hydrogen-bond donors (Lipinski definition) is 2. The van der Waals surface area contributed by atoms with Crippen LogP contribution >= 0.6 is 15.9 Å². The first-order chi connectivity index (χ1) is 8.00. The molecule has 7 heteroatoms. The molecule has 0 unspecified atom stereocenters. The molecule has 2 aromatic rings. The first-order valence-corrected chi connectivity index (χ1v) is 5.57. The van der Waals surface area contributed by atoms with Gasteiger partial charge in [0.05, 0.1) is 11.0 Å². The Labute approximate surface area is 104 Å². The smallest absolute Gasteiger partial charge is 0.343 e. The number of phenols is 1. The van der Waals surface area contributed by atoms with Crippen LogP contribution < -0.4 is 5.69 Å². The number of hydrogen-bond acceptors (Lipinski definition) is 3. The lowest BCUT2D eigenvalue weighted by molar-refractivity contribution is 0.424. The molecular weight excluding hydrogens is 293 g/mol. The summed E-state index contributed by atoms with van der Waals surface area (Å²) >= 11 is 3.01. The summed E-state index contributed by atoms with van der Waals surface area (Å²) < 4.78 is 15.2. The molecular formula is C10H9BrFN3O2. The molecule has 1 heterocycles. The first-order valence-electron chi connectivity index (χ1n) is 4.78. The van der Waals surface area contributed by atoms with Crippen LogP contribution in [0.1, 0.15) is 11.4 Å². The van der Waals surface area contributed by atoms with Gasteiger partial charge in [-0.2, -0.15) is 5.10 Å². The SMILES string of the molecule is Cc1n[nH]c(=O)n1Cc1ccc(Br)c(O)c1F. The van der Waals surface area contributed by atoms with E-state index in [1.807, 2.05) is 0 Å². The number of nitrogens with one attached hydrogen (secondary N) is 1. The molecule has 0 amide bonds. The number of phenolic OH excluding ortho intramolecular Hbond substituents is 1.